The van der Waals surface area contributed by atoms with Crippen LogP contribution in [-0.4, -0.2) is 16.9 Å². The SMILES string of the molecule is Cc1cnccc1C(C)C(=O)NC1CCCC1. The second-order valence-electron chi connectivity index (χ2n) is 4.94. The van der Waals surface area contributed by atoms with Crippen molar-refractivity contribution in [2.45, 2.75) is 51.5 Å². The first-order chi connectivity index (χ1) is 8.18. The van der Waals surface area contributed by atoms with Crippen LogP contribution in [0.3, 0.4) is 0 Å². The molecule has 2 rings (SSSR count). The average molecular weight is 232 g/mol. The number of aromatic nitrogens is 1. The van der Waals surface area contributed by atoms with Gasteiger partial charge in [-0.3, -0.25) is 9.78 Å². The van der Waals surface area contributed by atoms with E-state index in [9.17, 15) is 4.79 Å². The molecular formula is C14H20N2O. The van der Waals surface area contributed by atoms with E-state index in [1.54, 1.807) is 6.20 Å². The summed E-state index contributed by atoms with van der Waals surface area (Å²) in [6, 6.07) is 2.33. The summed E-state index contributed by atoms with van der Waals surface area (Å²) in [5.41, 5.74) is 2.16. The smallest absolute Gasteiger partial charge is 0.227 e. The highest BCUT2D eigenvalue weighted by molar-refractivity contribution is 5.83. The summed E-state index contributed by atoms with van der Waals surface area (Å²) in [5, 5.41) is 3.14. The minimum absolute atomic E-state index is 0.0846. The fourth-order valence-electron chi connectivity index (χ4n) is 2.51. The van der Waals surface area contributed by atoms with Gasteiger partial charge in [0.15, 0.2) is 0 Å². The number of nitrogens with zero attached hydrogens (tertiary/aromatic N) is 1. The Kier molecular flexibility index (Phi) is 3.77. The van der Waals surface area contributed by atoms with E-state index < -0.39 is 0 Å². The van der Waals surface area contributed by atoms with Crippen LogP contribution in [-0.2, 0) is 4.79 Å². The summed E-state index contributed by atoms with van der Waals surface area (Å²) >= 11 is 0. The third kappa shape index (κ3) is 2.84. The summed E-state index contributed by atoms with van der Waals surface area (Å²) in [6.07, 6.45) is 8.32. The van der Waals surface area contributed by atoms with Crippen molar-refractivity contribution in [3.63, 3.8) is 0 Å². The molecule has 1 heterocycles. The first-order valence-electron chi connectivity index (χ1n) is 6.39. The fourth-order valence-corrected chi connectivity index (χ4v) is 2.51. The summed E-state index contributed by atoms with van der Waals surface area (Å²) in [6.45, 7) is 3.97. The van der Waals surface area contributed by atoms with Crippen LogP contribution in [0, 0.1) is 6.92 Å². The molecule has 1 atom stereocenters. The molecule has 17 heavy (non-hydrogen) atoms. The third-order valence-electron chi connectivity index (χ3n) is 3.63. The highest BCUT2D eigenvalue weighted by atomic mass is 16.1. The molecule has 1 saturated carbocycles. The Bertz CT molecular complexity index is 397. The predicted molar refractivity (Wildman–Crippen MR) is 67.8 cm³/mol. The van der Waals surface area contributed by atoms with E-state index in [-0.39, 0.29) is 11.8 Å². The zero-order valence-corrected chi connectivity index (χ0v) is 10.6. The Balaban J connectivity index is 2.01. The number of pyridine rings is 1. The van der Waals surface area contributed by atoms with Crippen LogP contribution in [0.15, 0.2) is 18.5 Å². The van der Waals surface area contributed by atoms with Crippen LogP contribution < -0.4 is 5.32 Å². The maximum atomic E-state index is 12.1. The van der Waals surface area contributed by atoms with E-state index in [1.165, 1.54) is 12.8 Å². The van der Waals surface area contributed by atoms with Gasteiger partial charge in [-0.15, -0.1) is 0 Å². The molecule has 1 aliphatic rings. The molecule has 0 radical (unpaired) electrons. The second kappa shape index (κ2) is 5.30. The summed E-state index contributed by atoms with van der Waals surface area (Å²) < 4.78 is 0. The molecular weight excluding hydrogens is 212 g/mol. The summed E-state index contributed by atoms with van der Waals surface area (Å²) in [7, 11) is 0. The molecule has 1 aromatic rings. The van der Waals surface area contributed by atoms with E-state index in [1.807, 2.05) is 26.1 Å². The number of rotatable bonds is 3. The van der Waals surface area contributed by atoms with Crippen LogP contribution in [0.4, 0.5) is 0 Å². The number of carbonyl (C=O) groups is 1. The van der Waals surface area contributed by atoms with E-state index in [2.05, 4.69) is 10.3 Å². The van der Waals surface area contributed by atoms with Crippen LogP contribution in [0.2, 0.25) is 0 Å². The lowest BCUT2D eigenvalue weighted by molar-refractivity contribution is -0.122. The first-order valence-corrected chi connectivity index (χ1v) is 6.39. The fraction of sp³-hybridized carbons (Fsp3) is 0.571. The maximum absolute atomic E-state index is 12.1. The van der Waals surface area contributed by atoms with Crippen LogP contribution in [0.25, 0.3) is 0 Å². The molecule has 1 aromatic heterocycles. The van der Waals surface area contributed by atoms with Crippen molar-refractivity contribution in [2.75, 3.05) is 0 Å². The Morgan fingerprint density at radius 2 is 2.18 bits per heavy atom. The van der Waals surface area contributed by atoms with Gasteiger partial charge in [0.25, 0.3) is 0 Å². The van der Waals surface area contributed by atoms with E-state index in [0.29, 0.717) is 6.04 Å². The Labute approximate surface area is 103 Å². The van der Waals surface area contributed by atoms with Crippen molar-refractivity contribution in [1.82, 2.24) is 10.3 Å². The number of hydrogen-bond donors (Lipinski definition) is 1. The Morgan fingerprint density at radius 3 is 2.82 bits per heavy atom. The van der Waals surface area contributed by atoms with Crippen molar-refractivity contribution in [3.8, 4) is 0 Å². The molecule has 0 spiro atoms. The van der Waals surface area contributed by atoms with Crippen molar-refractivity contribution < 1.29 is 4.79 Å². The molecule has 0 bridgehead atoms. The van der Waals surface area contributed by atoms with Gasteiger partial charge in [-0.25, -0.2) is 0 Å². The molecule has 1 fully saturated rings. The lowest BCUT2D eigenvalue weighted by Gasteiger charge is -2.18. The topological polar surface area (TPSA) is 42.0 Å². The molecule has 0 saturated heterocycles. The van der Waals surface area contributed by atoms with Gasteiger partial charge in [-0.1, -0.05) is 12.8 Å². The van der Waals surface area contributed by atoms with Gasteiger partial charge < -0.3 is 5.32 Å². The number of nitrogens with one attached hydrogen (secondary N) is 1. The van der Waals surface area contributed by atoms with Crippen molar-refractivity contribution in [1.29, 1.82) is 0 Å². The highest BCUT2D eigenvalue weighted by Crippen LogP contribution is 2.21. The van der Waals surface area contributed by atoms with Crippen molar-refractivity contribution >= 4 is 5.91 Å². The van der Waals surface area contributed by atoms with Gasteiger partial charge in [-0.2, -0.15) is 0 Å². The van der Waals surface area contributed by atoms with Gasteiger partial charge in [0, 0.05) is 18.4 Å². The third-order valence-corrected chi connectivity index (χ3v) is 3.63. The lowest BCUT2D eigenvalue weighted by atomic mass is 9.97. The number of aryl methyl sites for hydroxylation is 1. The first kappa shape index (κ1) is 12.1. The number of hydrogen-bond acceptors (Lipinski definition) is 2. The van der Waals surface area contributed by atoms with Gasteiger partial charge in [0.05, 0.1) is 5.92 Å². The molecule has 1 amide bonds. The molecule has 0 aromatic carbocycles. The minimum atomic E-state index is -0.0846. The van der Waals surface area contributed by atoms with Gasteiger partial charge in [0.1, 0.15) is 0 Å². The van der Waals surface area contributed by atoms with E-state index >= 15 is 0 Å². The largest absolute Gasteiger partial charge is 0.353 e. The van der Waals surface area contributed by atoms with Crippen LogP contribution >= 0.6 is 0 Å². The second-order valence-corrected chi connectivity index (χ2v) is 4.94. The van der Waals surface area contributed by atoms with Crippen molar-refractivity contribution in [2.24, 2.45) is 0 Å². The number of carbonyl (C=O) groups excluding carboxylic acids is 1. The predicted octanol–water partition coefficient (Wildman–Crippen LogP) is 2.55. The molecule has 1 N–H and O–H groups in total. The van der Waals surface area contributed by atoms with E-state index in [4.69, 9.17) is 0 Å². The van der Waals surface area contributed by atoms with Crippen LogP contribution in [0.1, 0.15) is 49.7 Å². The summed E-state index contributed by atoms with van der Waals surface area (Å²) in [4.78, 5) is 16.2. The Morgan fingerprint density at radius 1 is 1.47 bits per heavy atom. The minimum Gasteiger partial charge on any atom is -0.353 e. The zero-order valence-electron chi connectivity index (χ0n) is 10.6. The van der Waals surface area contributed by atoms with Gasteiger partial charge in [0.2, 0.25) is 5.91 Å². The normalized spacial score (nSPS) is 18.0. The maximum Gasteiger partial charge on any atom is 0.227 e. The molecule has 1 unspecified atom stereocenters. The van der Waals surface area contributed by atoms with Gasteiger partial charge in [-0.05, 0) is 43.9 Å². The quantitative estimate of drug-likeness (QED) is 0.870. The van der Waals surface area contributed by atoms with Gasteiger partial charge >= 0.3 is 0 Å². The standard InChI is InChI=1S/C14H20N2O/c1-10-9-15-8-7-13(10)11(2)14(17)16-12-5-3-4-6-12/h7-9,11-12H,3-6H2,1-2H3,(H,16,17). The zero-order chi connectivity index (χ0) is 12.3. The molecule has 92 valence electrons. The summed E-state index contributed by atoms with van der Waals surface area (Å²) in [5.74, 6) is 0.0600. The van der Waals surface area contributed by atoms with E-state index in [0.717, 1.165) is 24.0 Å². The molecule has 1 aliphatic carbocycles. The van der Waals surface area contributed by atoms with Crippen LogP contribution in [0.5, 0.6) is 0 Å². The molecule has 3 nitrogen and oxygen atoms in total. The monoisotopic (exact) mass is 232 g/mol. The molecule has 0 aliphatic heterocycles. The Hall–Kier alpha value is -1.38. The average Bonchev–Trinajstić information content (AvgIpc) is 2.81. The lowest BCUT2D eigenvalue weighted by Crippen LogP contribution is -2.35. The molecule has 3 heteroatoms. The van der Waals surface area contributed by atoms with Crippen molar-refractivity contribution in [3.05, 3.63) is 29.6 Å². The number of amides is 1. The highest BCUT2D eigenvalue weighted by Gasteiger charge is 2.22.